The van der Waals surface area contributed by atoms with E-state index in [1.54, 1.807) is 0 Å². The Bertz CT molecular complexity index is 675. The fourth-order valence-electron chi connectivity index (χ4n) is 5.30. The zero-order chi connectivity index (χ0) is 31.6. The highest BCUT2D eigenvalue weighted by molar-refractivity contribution is 5.76. The van der Waals surface area contributed by atoms with Gasteiger partial charge >= 0.3 is 0 Å². The molecule has 0 saturated carbocycles. The number of unbranched alkanes of at least 4 members (excludes halogenated alkanes) is 18. The summed E-state index contributed by atoms with van der Waals surface area (Å²) in [6.07, 6.45) is 39.7. The normalized spacial score (nSPS) is 14.3. The van der Waals surface area contributed by atoms with Crippen molar-refractivity contribution in [1.29, 1.82) is 0 Å². The summed E-state index contributed by atoms with van der Waals surface area (Å²) in [7, 11) is 0. The van der Waals surface area contributed by atoms with Crippen LogP contribution in [0.25, 0.3) is 0 Å². The molecule has 43 heavy (non-hydrogen) atoms. The molecular formula is C38H71NO4. The number of hydrogen-bond donors (Lipinski definition) is 4. The van der Waals surface area contributed by atoms with E-state index in [0.29, 0.717) is 12.8 Å². The first kappa shape index (κ1) is 41.6. The van der Waals surface area contributed by atoms with Gasteiger partial charge in [-0.15, -0.1) is 0 Å². The van der Waals surface area contributed by atoms with E-state index in [-0.39, 0.29) is 5.91 Å². The van der Waals surface area contributed by atoms with Crippen LogP contribution in [0.4, 0.5) is 0 Å². The first-order chi connectivity index (χ1) is 21.1. The number of allylic oxidation sites excluding steroid dienone is 6. The Hall–Kier alpha value is -1.43. The van der Waals surface area contributed by atoms with Gasteiger partial charge in [0, 0.05) is 6.42 Å². The highest BCUT2D eigenvalue weighted by atomic mass is 16.3. The fraction of sp³-hybridized carbons (Fsp3) is 0.816. The van der Waals surface area contributed by atoms with Crippen molar-refractivity contribution in [2.75, 3.05) is 6.61 Å². The van der Waals surface area contributed by atoms with E-state index in [2.05, 4.69) is 55.6 Å². The third-order valence-corrected chi connectivity index (χ3v) is 8.19. The van der Waals surface area contributed by atoms with Crippen LogP contribution in [0.15, 0.2) is 36.5 Å². The summed E-state index contributed by atoms with van der Waals surface area (Å²) in [5.74, 6) is -0.197. The van der Waals surface area contributed by atoms with Crippen molar-refractivity contribution in [3.63, 3.8) is 0 Å². The molecule has 0 aromatic rings. The quantitative estimate of drug-likeness (QED) is 0.0454. The molecule has 0 radical (unpaired) electrons. The van der Waals surface area contributed by atoms with E-state index in [4.69, 9.17) is 0 Å². The lowest BCUT2D eigenvalue weighted by atomic mass is 10.0. The molecule has 1 amide bonds. The van der Waals surface area contributed by atoms with Gasteiger partial charge in [0.2, 0.25) is 5.91 Å². The van der Waals surface area contributed by atoms with Crippen molar-refractivity contribution in [3.05, 3.63) is 36.5 Å². The molecule has 0 aromatic carbocycles. The van der Waals surface area contributed by atoms with Crippen molar-refractivity contribution in [2.45, 2.75) is 193 Å². The average Bonchev–Trinajstić information content (AvgIpc) is 3.01. The minimum Gasteiger partial charge on any atom is -0.394 e. The largest absolute Gasteiger partial charge is 0.394 e. The topological polar surface area (TPSA) is 89.8 Å². The van der Waals surface area contributed by atoms with Crippen LogP contribution in [-0.4, -0.2) is 46.1 Å². The number of carbonyl (C=O) groups is 1. The molecule has 0 aliphatic rings. The minimum atomic E-state index is -1.17. The SMILES string of the molecule is CCCCCC/C=C\CCCC(=O)NC(CO)C(O)C(O)CCC/C=C/CC/C=C/CCCCCCCCCCCCC. The Morgan fingerprint density at radius 1 is 0.558 bits per heavy atom. The lowest BCUT2D eigenvalue weighted by Crippen LogP contribution is -2.50. The summed E-state index contributed by atoms with van der Waals surface area (Å²) in [5.41, 5.74) is 0. The molecule has 3 atom stereocenters. The van der Waals surface area contributed by atoms with Crippen LogP contribution < -0.4 is 5.32 Å². The molecule has 0 saturated heterocycles. The number of nitrogens with one attached hydrogen (secondary N) is 1. The molecule has 0 fully saturated rings. The predicted octanol–water partition coefficient (Wildman–Crippen LogP) is 9.65. The molecule has 3 unspecified atom stereocenters. The van der Waals surface area contributed by atoms with E-state index in [9.17, 15) is 20.1 Å². The van der Waals surface area contributed by atoms with Crippen molar-refractivity contribution in [3.8, 4) is 0 Å². The predicted molar refractivity (Wildman–Crippen MR) is 185 cm³/mol. The van der Waals surface area contributed by atoms with Crippen LogP contribution >= 0.6 is 0 Å². The van der Waals surface area contributed by atoms with Crippen molar-refractivity contribution >= 4 is 5.91 Å². The molecule has 252 valence electrons. The van der Waals surface area contributed by atoms with E-state index >= 15 is 0 Å². The summed E-state index contributed by atoms with van der Waals surface area (Å²) in [6.45, 7) is 4.09. The molecule has 0 aliphatic heterocycles. The van der Waals surface area contributed by atoms with Crippen molar-refractivity contribution < 1.29 is 20.1 Å². The maximum absolute atomic E-state index is 12.2. The fourth-order valence-corrected chi connectivity index (χ4v) is 5.30. The second-order valence-electron chi connectivity index (χ2n) is 12.4. The molecule has 0 spiro atoms. The van der Waals surface area contributed by atoms with Crippen molar-refractivity contribution in [1.82, 2.24) is 5.32 Å². The highest BCUT2D eigenvalue weighted by Crippen LogP contribution is 2.13. The monoisotopic (exact) mass is 606 g/mol. The Morgan fingerprint density at radius 2 is 0.953 bits per heavy atom. The molecule has 4 N–H and O–H groups in total. The van der Waals surface area contributed by atoms with Gasteiger partial charge in [-0.2, -0.15) is 0 Å². The lowest BCUT2D eigenvalue weighted by molar-refractivity contribution is -0.124. The number of rotatable bonds is 32. The molecule has 0 aliphatic carbocycles. The molecule has 5 heteroatoms. The van der Waals surface area contributed by atoms with Gasteiger partial charge in [-0.25, -0.2) is 0 Å². The van der Waals surface area contributed by atoms with E-state index < -0.39 is 24.9 Å². The van der Waals surface area contributed by atoms with Gasteiger partial charge in [-0.05, 0) is 70.6 Å². The van der Waals surface area contributed by atoms with Gasteiger partial charge in [-0.1, -0.05) is 134 Å². The van der Waals surface area contributed by atoms with Crippen LogP contribution in [0.5, 0.6) is 0 Å². The maximum atomic E-state index is 12.2. The van der Waals surface area contributed by atoms with Gasteiger partial charge in [0.1, 0.15) is 6.10 Å². The van der Waals surface area contributed by atoms with Gasteiger partial charge in [0.15, 0.2) is 0 Å². The van der Waals surface area contributed by atoms with Crippen LogP contribution in [0, 0.1) is 0 Å². The van der Waals surface area contributed by atoms with E-state index in [1.165, 1.54) is 103 Å². The molecular weight excluding hydrogens is 534 g/mol. The highest BCUT2D eigenvalue weighted by Gasteiger charge is 2.26. The van der Waals surface area contributed by atoms with Gasteiger partial charge in [0.25, 0.3) is 0 Å². The standard InChI is InChI=1S/C38H71NO4/c1-3-5-7-9-11-13-14-15-16-17-18-19-20-21-22-23-25-26-28-30-32-36(41)38(43)35(34-40)39-37(42)33-31-29-27-24-12-10-8-6-4-2/h20-21,24-27,35-36,38,40-41,43H,3-19,22-23,28-34H2,1-2H3,(H,39,42)/b21-20+,26-25+,27-24-. The smallest absolute Gasteiger partial charge is 0.220 e. The van der Waals surface area contributed by atoms with E-state index in [0.717, 1.165) is 44.9 Å². The maximum Gasteiger partial charge on any atom is 0.220 e. The number of amides is 1. The molecule has 0 heterocycles. The van der Waals surface area contributed by atoms with Gasteiger partial charge < -0.3 is 20.6 Å². The zero-order valence-electron chi connectivity index (χ0n) is 28.3. The summed E-state index contributed by atoms with van der Waals surface area (Å²) >= 11 is 0. The Balaban J connectivity index is 3.77. The Kier molecular flexibility index (Phi) is 32.3. The van der Waals surface area contributed by atoms with Crippen LogP contribution in [-0.2, 0) is 4.79 Å². The third-order valence-electron chi connectivity index (χ3n) is 8.19. The molecule has 0 aromatic heterocycles. The van der Waals surface area contributed by atoms with Crippen LogP contribution in [0.2, 0.25) is 0 Å². The first-order valence-electron chi connectivity index (χ1n) is 18.3. The van der Waals surface area contributed by atoms with Gasteiger partial charge in [-0.3, -0.25) is 4.79 Å². The number of aliphatic hydroxyl groups excluding tert-OH is 3. The lowest BCUT2D eigenvalue weighted by Gasteiger charge is -2.26. The summed E-state index contributed by atoms with van der Waals surface area (Å²) in [5, 5.41) is 33.2. The van der Waals surface area contributed by atoms with Crippen LogP contribution in [0.3, 0.4) is 0 Å². The Morgan fingerprint density at radius 3 is 1.44 bits per heavy atom. The van der Waals surface area contributed by atoms with Crippen molar-refractivity contribution in [2.24, 2.45) is 0 Å². The number of carbonyl (C=O) groups excluding carboxylic acids is 1. The second kappa shape index (κ2) is 33.5. The third kappa shape index (κ3) is 29.1. The van der Waals surface area contributed by atoms with E-state index in [1.807, 2.05) is 0 Å². The summed E-state index contributed by atoms with van der Waals surface area (Å²) in [6, 6.07) is -0.843. The summed E-state index contributed by atoms with van der Waals surface area (Å²) in [4.78, 5) is 12.2. The Labute approximate surface area is 266 Å². The molecule has 0 bridgehead atoms. The van der Waals surface area contributed by atoms with Gasteiger partial charge in [0.05, 0.1) is 18.8 Å². The number of hydrogen-bond acceptors (Lipinski definition) is 4. The zero-order valence-corrected chi connectivity index (χ0v) is 28.3. The minimum absolute atomic E-state index is 0.197. The van der Waals surface area contributed by atoms with Crippen LogP contribution in [0.1, 0.15) is 174 Å². The molecule has 5 nitrogen and oxygen atoms in total. The first-order valence-corrected chi connectivity index (χ1v) is 18.3. The number of aliphatic hydroxyl groups is 3. The summed E-state index contributed by atoms with van der Waals surface area (Å²) < 4.78 is 0. The second-order valence-corrected chi connectivity index (χ2v) is 12.4. The average molecular weight is 606 g/mol. The molecule has 0 rings (SSSR count).